The molecule has 0 aliphatic carbocycles. The molecule has 3 rings (SSSR count). The summed E-state index contributed by atoms with van der Waals surface area (Å²) >= 11 is 1.54. The topological polar surface area (TPSA) is 191 Å². The Morgan fingerprint density at radius 3 is 2.86 bits per heavy atom. The number of aliphatic hydroxyl groups is 1. The van der Waals surface area contributed by atoms with Crippen LogP contribution in [0.1, 0.15) is 12.6 Å². The number of amides is 1. The first-order chi connectivity index (χ1) is 13.3. The number of carboxylic acid groups (broad SMARTS) is 1. The summed E-state index contributed by atoms with van der Waals surface area (Å²) in [5, 5.41) is 22.7. The summed E-state index contributed by atoms with van der Waals surface area (Å²) in [6.07, 6.45) is 0.830. The molecule has 2 aromatic heterocycles. The number of carboxylic acids is 1. The van der Waals surface area contributed by atoms with Gasteiger partial charge in [0.1, 0.15) is 17.9 Å². The van der Waals surface area contributed by atoms with E-state index in [0.29, 0.717) is 12.2 Å². The average molecular weight is 411 g/mol. The molecule has 12 nitrogen and oxygen atoms in total. The second-order valence-electron chi connectivity index (χ2n) is 6.28. The van der Waals surface area contributed by atoms with Crippen LogP contribution in [0.4, 0.5) is 5.82 Å². The molecule has 1 amide bonds. The lowest BCUT2D eigenvalue weighted by Gasteiger charge is -2.22. The molecule has 0 bridgehead atoms. The number of carbonyl (C=O) groups is 2. The molecule has 2 aromatic rings. The van der Waals surface area contributed by atoms with Crippen LogP contribution in [0.5, 0.6) is 0 Å². The van der Waals surface area contributed by atoms with Crippen molar-refractivity contribution in [3.63, 3.8) is 0 Å². The zero-order valence-electron chi connectivity index (χ0n) is 14.9. The number of nitrogens with one attached hydrogen (secondary N) is 1. The molecule has 1 unspecified atom stereocenters. The van der Waals surface area contributed by atoms with E-state index in [0.717, 1.165) is 0 Å². The van der Waals surface area contributed by atoms with Gasteiger partial charge in [-0.05, 0) is 18.4 Å². The zero-order chi connectivity index (χ0) is 20.4. The van der Waals surface area contributed by atoms with Gasteiger partial charge in [-0.25, -0.2) is 19.7 Å². The van der Waals surface area contributed by atoms with E-state index < -0.39 is 42.4 Å². The smallest absolute Gasteiger partial charge is 0.335 e. The Morgan fingerprint density at radius 2 is 2.18 bits per heavy atom. The fourth-order valence-corrected chi connectivity index (χ4v) is 3.47. The molecule has 152 valence electrons. The van der Waals surface area contributed by atoms with Crippen LogP contribution >= 0.6 is 11.8 Å². The molecule has 13 heteroatoms. The van der Waals surface area contributed by atoms with Crippen molar-refractivity contribution in [3.8, 4) is 0 Å². The number of ether oxygens (including phenoxy) is 1. The van der Waals surface area contributed by atoms with Crippen molar-refractivity contribution in [2.45, 2.75) is 36.9 Å². The van der Waals surface area contributed by atoms with Gasteiger partial charge >= 0.3 is 5.97 Å². The van der Waals surface area contributed by atoms with Gasteiger partial charge in [0, 0.05) is 0 Å². The standard InChI is InChI=1S/C15H21N7O5S/c1-28-3-2-6(16)13(24)21-7-9(23)14(27-10(7)15(25)26)22-5-20-8-11(17)18-4-19-12(8)22/h4-7,9-10,14,23H,2-3,16H2,1H3,(H,21,24)(H,25,26)(H2,17,18,19)/t6?,7-,9+,10-,14+/m0/s1. The van der Waals surface area contributed by atoms with E-state index in [1.54, 1.807) is 0 Å². The molecule has 1 saturated heterocycles. The summed E-state index contributed by atoms with van der Waals surface area (Å²) in [6, 6.07) is -2.03. The van der Waals surface area contributed by atoms with Crippen LogP contribution in [-0.4, -0.2) is 77.9 Å². The number of aliphatic carboxylic acids is 1. The van der Waals surface area contributed by atoms with E-state index in [2.05, 4.69) is 20.3 Å². The van der Waals surface area contributed by atoms with Crippen LogP contribution in [0.3, 0.4) is 0 Å². The number of imidazole rings is 1. The van der Waals surface area contributed by atoms with Crippen LogP contribution in [0.15, 0.2) is 12.7 Å². The average Bonchev–Trinajstić information content (AvgIpc) is 3.22. The molecule has 0 aromatic carbocycles. The van der Waals surface area contributed by atoms with Gasteiger partial charge in [0.05, 0.1) is 18.4 Å². The van der Waals surface area contributed by atoms with E-state index >= 15 is 0 Å². The Morgan fingerprint density at radius 1 is 1.43 bits per heavy atom. The van der Waals surface area contributed by atoms with Gasteiger partial charge in [-0.1, -0.05) is 0 Å². The zero-order valence-corrected chi connectivity index (χ0v) is 15.7. The number of fused-ring (bicyclic) bond motifs is 1. The van der Waals surface area contributed by atoms with E-state index in [1.807, 2.05) is 6.26 Å². The Hall–Kier alpha value is -2.48. The first kappa shape index (κ1) is 20.3. The number of thioether (sulfide) groups is 1. The van der Waals surface area contributed by atoms with Gasteiger partial charge < -0.3 is 31.7 Å². The minimum absolute atomic E-state index is 0.135. The maximum atomic E-state index is 12.3. The highest BCUT2D eigenvalue weighted by atomic mass is 32.2. The van der Waals surface area contributed by atoms with Crippen molar-refractivity contribution in [3.05, 3.63) is 12.7 Å². The highest BCUT2D eigenvalue weighted by Crippen LogP contribution is 2.32. The maximum absolute atomic E-state index is 12.3. The molecular weight excluding hydrogens is 390 g/mol. The van der Waals surface area contributed by atoms with Crippen molar-refractivity contribution >= 4 is 40.6 Å². The van der Waals surface area contributed by atoms with Gasteiger partial charge in [0.2, 0.25) is 5.91 Å². The van der Waals surface area contributed by atoms with Crippen LogP contribution in [0, 0.1) is 0 Å². The summed E-state index contributed by atoms with van der Waals surface area (Å²) in [5.41, 5.74) is 12.1. The normalized spacial score (nSPS) is 25.7. The van der Waals surface area contributed by atoms with Gasteiger partial charge in [-0.2, -0.15) is 11.8 Å². The quantitative estimate of drug-likeness (QED) is 0.349. The number of aromatic nitrogens is 4. The maximum Gasteiger partial charge on any atom is 0.335 e. The second-order valence-corrected chi connectivity index (χ2v) is 7.27. The number of anilines is 1. The van der Waals surface area contributed by atoms with Crippen molar-refractivity contribution in [2.24, 2.45) is 5.73 Å². The summed E-state index contributed by atoms with van der Waals surface area (Å²) in [4.78, 5) is 35.9. The number of hydrogen-bond acceptors (Lipinski definition) is 10. The molecule has 0 spiro atoms. The molecule has 1 fully saturated rings. The molecule has 5 atom stereocenters. The number of carbonyl (C=O) groups excluding carboxylic acids is 1. The molecule has 7 N–H and O–H groups in total. The predicted octanol–water partition coefficient (Wildman–Crippen LogP) is -1.68. The summed E-state index contributed by atoms with van der Waals surface area (Å²) in [5.74, 6) is -1.08. The Bertz CT molecular complexity index is 878. The number of nitrogen functional groups attached to an aromatic ring is 1. The molecule has 3 heterocycles. The molecule has 0 saturated carbocycles. The molecule has 0 radical (unpaired) electrons. The number of aliphatic hydroxyl groups excluding tert-OH is 1. The highest BCUT2D eigenvalue weighted by Gasteiger charge is 2.49. The molecular formula is C15H21N7O5S. The fourth-order valence-electron chi connectivity index (χ4n) is 2.98. The third kappa shape index (κ3) is 3.73. The van der Waals surface area contributed by atoms with Crippen LogP contribution in [0.2, 0.25) is 0 Å². The predicted molar refractivity (Wildman–Crippen MR) is 100 cm³/mol. The fraction of sp³-hybridized carbons (Fsp3) is 0.533. The third-order valence-electron chi connectivity index (χ3n) is 4.46. The first-order valence-corrected chi connectivity index (χ1v) is 9.78. The highest BCUT2D eigenvalue weighted by molar-refractivity contribution is 7.98. The lowest BCUT2D eigenvalue weighted by Crippen LogP contribution is -2.54. The van der Waals surface area contributed by atoms with Gasteiger partial charge in [-0.15, -0.1) is 0 Å². The number of nitrogens with zero attached hydrogens (tertiary/aromatic N) is 4. The second kappa shape index (κ2) is 8.26. The number of rotatable bonds is 7. The first-order valence-electron chi connectivity index (χ1n) is 8.39. The van der Waals surface area contributed by atoms with E-state index in [4.69, 9.17) is 16.2 Å². The number of hydrogen-bond donors (Lipinski definition) is 5. The minimum atomic E-state index is -1.48. The lowest BCUT2D eigenvalue weighted by molar-refractivity contribution is -0.152. The summed E-state index contributed by atoms with van der Waals surface area (Å²) in [6.45, 7) is 0. The molecule has 1 aliphatic heterocycles. The SMILES string of the molecule is CSCCC(N)C(=O)N[C@H]1[C@@H](O)[C@H](n2cnc3c(N)ncnc32)O[C@@H]1C(=O)O. The largest absolute Gasteiger partial charge is 0.479 e. The van der Waals surface area contributed by atoms with Gasteiger partial charge in [0.25, 0.3) is 0 Å². The monoisotopic (exact) mass is 411 g/mol. The molecule has 1 aliphatic rings. The van der Waals surface area contributed by atoms with Crippen LogP contribution in [-0.2, 0) is 14.3 Å². The van der Waals surface area contributed by atoms with Crippen LogP contribution < -0.4 is 16.8 Å². The van der Waals surface area contributed by atoms with E-state index in [9.17, 15) is 19.8 Å². The third-order valence-corrected chi connectivity index (χ3v) is 5.10. The van der Waals surface area contributed by atoms with E-state index in [-0.39, 0.29) is 17.0 Å². The summed E-state index contributed by atoms with van der Waals surface area (Å²) in [7, 11) is 0. The van der Waals surface area contributed by atoms with Crippen molar-refractivity contribution in [2.75, 3.05) is 17.7 Å². The van der Waals surface area contributed by atoms with Crippen molar-refractivity contribution in [1.29, 1.82) is 0 Å². The van der Waals surface area contributed by atoms with Crippen molar-refractivity contribution in [1.82, 2.24) is 24.8 Å². The van der Waals surface area contributed by atoms with Crippen molar-refractivity contribution < 1.29 is 24.5 Å². The van der Waals surface area contributed by atoms with Gasteiger partial charge in [-0.3, -0.25) is 9.36 Å². The van der Waals surface area contributed by atoms with Gasteiger partial charge in [0.15, 0.2) is 23.8 Å². The Kier molecular flexibility index (Phi) is 5.98. The van der Waals surface area contributed by atoms with Crippen LogP contribution in [0.25, 0.3) is 11.2 Å². The number of nitrogens with two attached hydrogens (primary N) is 2. The summed E-state index contributed by atoms with van der Waals surface area (Å²) < 4.78 is 6.87. The Labute approximate surface area is 163 Å². The lowest BCUT2D eigenvalue weighted by atomic mass is 10.1. The minimum Gasteiger partial charge on any atom is -0.479 e. The Balaban J connectivity index is 1.84. The van der Waals surface area contributed by atoms with E-state index in [1.165, 1.54) is 29.0 Å². The molecule has 28 heavy (non-hydrogen) atoms.